The molecule has 0 aliphatic carbocycles. The molecule has 0 aliphatic heterocycles. The first-order chi connectivity index (χ1) is 9.74. The number of hydrogen-bond donors (Lipinski definition) is 2. The highest BCUT2D eigenvalue weighted by Gasteiger charge is 2.05. The van der Waals surface area contributed by atoms with E-state index in [2.05, 4.69) is 35.9 Å². The van der Waals surface area contributed by atoms with Crippen molar-refractivity contribution in [1.29, 1.82) is 0 Å². The summed E-state index contributed by atoms with van der Waals surface area (Å²) in [6.45, 7) is 1.38. The predicted molar refractivity (Wildman–Crippen MR) is 76.5 cm³/mol. The molecule has 0 radical (unpaired) electrons. The van der Waals surface area contributed by atoms with Gasteiger partial charge in [-0.15, -0.1) is 0 Å². The number of aromatic nitrogens is 2. The summed E-state index contributed by atoms with van der Waals surface area (Å²) in [4.78, 5) is 3.91. The molecule has 2 rings (SSSR count). The zero-order valence-corrected chi connectivity index (χ0v) is 12.4. The molecule has 7 heteroatoms. The summed E-state index contributed by atoms with van der Waals surface area (Å²) in [5, 5.41) is 16.6. The zero-order chi connectivity index (χ0) is 14.2. The SMILES string of the molecule is OC(CNCCc1ncon1)COc1ccc(Br)cc1. The van der Waals surface area contributed by atoms with E-state index in [1.54, 1.807) is 0 Å². The van der Waals surface area contributed by atoms with Crippen LogP contribution in [0.4, 0.5) is 0 Å². The predicted octanol–water partition coefficient (Wildman–Crippen LogP) is 1.40. The van der Waals surface area contributed by atoms with Gasteiger partial charge in [-0.05, 0) is 24.3 Å². The van der Waals surface area contributed by atoms with Crippen molar-refractivity contribution < 1.29 is 14.4 Å². The lowest BCUT2D eigenvalue weighted by Crippen LogP contribution is -2.32. The minimum atomic E-state index is -0.566. The highest BCUT2D eigenvalue weighted by molar-refractivity contribution is 9.10. The van der Waals surface area contributed by atoms with Gasteiger partial charge >= 0.3 is 0 Å². The standard InChI is InChI=1S/C13H16BrN3O3/c14-10-1-3-12(4-2-10)19-8-11(18)7-15-6-5-13-16-9-20-17-13/h1-4,9,11,15,18H,5-8H2. The Kier molecular flexibility index (Phi) is 5.97. The first-order valence-electron chi connectivity index (χ1n) is 6.26. The third-order valence-corrected chi connectivity index (χ3v) is 3.10. The van der Waals surface area contributed by atoms with Crippen molar-refractivity contribution in [1.82, 2.24) is 15.5 Å². The first kappa shape index (κ1) is 15.0. The number of nitrogens with zero attached hydrogens (tertiary/aromatic N) is 2. The van der Waals surface area contributed by atoms with E-state index in [1.807, 2.05) is 24.3 Å². The van der Waals surface area contributed by atoms with E-state index in [4.69, 9.17) is 4.74 Å². The molecule has 0 spiro atoms. The Morgan fingerprint density at radius 1 is 1.35 bits per heavy atom. The molecule has 20 heavy (non-hydrogen) atoms. The summed E-state index contributed by atoms with van der Waals surface area (Å²) in [7, 11) is 0. The number of aliphatic hydroxyl groups excluding tert-OH is 1. The lowest BCUT2D eigenvalue weighted by Gasteiger charge is -2.13. The number of rotatable bonds is 8. The van der Waals surface area contributed by atoms with Crippen LogP contribution in [0.3, 0.4) is 0 Å². The Bertz CT molecular complexity index is 490. The van der Waals surface area contributed by atoms with E-state index >= 15 is 0 Å². The van der Waals surface area contributed by atoms with E-state index in [0.29, 0.717) is 25.3 Å². The molecule has 1 unspecified atom stereocenters. The number of hydrogen-bond acceptors (Lipinski definition) is 6. The van der Waals surface area contributed by atoms with Crippen LogP contribution in [0, 0.1) is 0 Å². The molecule has 2 N–H and O–H groups in total. The Balaban J connectivity index is 1.58. The second-order valence-corrected chi connectivity index (χ2v) is 5.14. The van der Waals surface area contributed by atoms with Crippen molar-refractivity contribution in [2.45, 2.75) is 12.5 Å². The lowest BCUT2D eigenvalue weighted by molar-refractivity contribution is 0.106. The molecule has 0 saturated heterocycles. The number of halogens is 1. The molecule has 1 heterocycles. The van der Waals surface area contributed by atoms with Crippen molar-refractivity contribution in [3.8, 4) is 5.75 Å². The molecular weight excluding hydrogens is 326 g/mol. The van der Waals surface area contributed by atoms with E-state index < -0.39 is 6.10 Å². The van der Waals surface area contributed by atoms with Gasteiger partial charge in [0.15, 0.2) is 5.82 Å². The molecule has 0 bridgehead atoms. The maximum atomic E-state index is 9.78. The second kappa shape index (κ2) is 7.98. The van der Waals surface area contributed by atoms with Crippen molar-refractivity contribution in [2.75, 3.05) is 19.7 Å². The van der Waals surface area contributed by atoms with Gasteiger partial charge in [0.25, 0.3) is 0 Å². The van der Waals surface area contributed by atoms with E-state index in [0.717, 1.165) is 10.2 Å². The third-order valence-electron chi connectivity index (χ3n) is 2.57. The zero-order valence-electron chi connectivity index (χ0n) is 10.8. The normalized spacial score (nSPS) is 12.3. The highest BCUT2D eigenvalue weighted by atomic mass is 79.9. The minimum absolute atomic E-state index is 0.247. The van der Waals surface area contributed by atoms with E-state index in [1.165, 1.54) is 6.39 Å². The fourth-order valence-corrected chi connectivity index (χ4v) is 1.82. The second-order valence-electron chi connectivity index (χ2n) is 4.22. The maximum absolute atomic E-state index is 9.78. The van der Waals surface area contributed by atoms with Gasteiger partial charge in [0.2, 0.25) is 6.39 Å². The molecule has 1 aromatic heterocycles. The molecule has 1 atom stereocenters. The molecule has 0 aliphatic rings. The summed E-state index contributed by atoms with van der Waals surface area (Å²) in [6, 6.07) is 7.48. The average molecular weight is 342 g/mol. The van der Waals surface area contributed by atoms with Gasteiger partial charge in [-0.2, -0.15) is 4.98 Å². The van der Waals surface area contributed by atoms with Crippen molar-refractivity contribution in [3.63, 3.8) is 0 Å². The monoisotopic (exact) mass is 341 g/mol. The summed E-state index contributed by atoms with van der Waals surface area (Å²) >= 11 is 3.35. The van der Waals surface area contributed by atoms with Crippen LogP contribution in [0.5, 0.6) is 5.75 Å². The van der Waals surface area contributed by atoms with E-state index in [-0.39, 0.29) is 6.61 Å². The average Bonchev–Trinajstić information content (AvgIpc) is 2.96. The van der Waals surface area contributed by atoms with Crippen LogP contribution in [0.25, 0.3) is 0 Å². The smallest absolute Gasteiger partial charge is 0.213 e. The van der Waals surface area contributed by atoms with Gasteiger partial charge in [0, 0.05) is 24.0 Å². The quantitative estimate of drug-likeness (QED) is 0.706. The molecule has 0 saturated carbocycles. The van der Waals surface area contributed by atoms with Crippen LogP contribution in [-0.4, -0.2) is 41.0 Å². The molecule has 0 amide bonds. The molecule has 1 aromatic carbocycles. The highest BCUT2D eigenvalue weighted by Crippen LogP contribution is 2.16. The summed E-state index contributed by atoms with van der Waals surface area (Å²) in [5.74, 6) is 1.39. The number of nitrogens with one attached hydrogen (secondary N) is 1. The minimum Gasteiger partial charge on any atom is -0.491 e. The Hall–Kier alpha value is -1.44. The largest absolute Gasteiger partial charge is 0.491 e. The van der Waals surface area contributed by atoms with Crippen molar-refractivity contribution in [2.24, 2.45) is 0 Å². The van der Waals surface area contributed by atoms with Gasteiger partial charge in [0.1, 0.15) is 18.5 Å². The van der Waals surface area contributed by atoms with Gasteiger partial charge < -0.3 is 19.7 Å². The number of ether oxygens (including phenoxy) is 1. The van der Waals surface area contributed by atoms with Crippen LogP contribution in [0.15, 0.2) is 39.7 Å². The van der Waals surface area contributed by atoms with Gasteiger partial charge in [-0.1, -0.05) is 21.1 Å². The summed E-state index contributed by atoms with van der Waals surface area (Å²) in [5.41, 5.74) is 0. The fourth-order valence-electron chi connectivity index (χ4n) is 1.55. The first-order valence-corrected chi connectivity index (χ1v) is 7.06. The van der Waals surface area contributed by atoms with Crippen molar-refractivity contribution >= 4 is 15.9 Å². The van der Waals surface area contributed by atoms with Crippen LogP contribution >= 0.6 is 15.9 Å². The fraction of sp³-hybridized carbons (Fsp3) is 0.385. The van der Waals surface area contributed by atoms with Gasteiger partial charge in [0.05, 0.1) is 0 Å². The van der Waals surface area contributed by atoms with Crippen LogP contribution in [0.1, 0.15) is 5.82 Å². The van der Waals surface area contributed by atoms with E-state index in [9.17, 15) is 5.11 Å². The topological polar surface area (TPSA) is 80.4 Å². The molecular formula is C13H16BrN3O3. The van der Waals surface area contributed by atoms with Crippen LogP contribution in [0.2, 0.25) is 0 Å². The summed E-state index contributed by atoms with van der Waals surface area (Å²) in [6.07, 6.45) is 1.40. The van der Waals surface area contributed by atoms with Crippen LogP contribution < -0.4 is 10.1 Å². The Morgan fingerprint density at radius 3 is 2.85 bits per heavy atom. The third kappa shape index (κ3) is 5.28. The van der Waals surface area contributed by atoms with Crippen LogP contribution in [-0.2, 0) is 6.42 Å². The number of benzene rings is 1. The lowest BCUT2D eigenvalue weighted by atomic mass is 10.3. The molecule has 2 aromatic rings. The summed E-state index contributed by atoms with van der Waals surface area (Å²) < 4.78 is 11.1. The van der Waals surface area contributed by atoms with Crippen molar-refractivity contribution in [3.05, 3.63) is 41.0 Å². The maximum Gasteiger partial charge on any atom is 0.213 e. The molecule has 6 nitrogen and oxygen atoms in total. The Morgan fingerprint density at radius 2 is 2.15 bits per heavy atom. The Labute approximate surface area is 125 Å². The van der Waals surface area contributed by atoms with Gasteiger partial charge in [-0.25, -0.2) is 0 Å². The van der Waals surface area contributed by atoms with Gasteiger partial charge in [-0.3, -0.25) is 0 Å². The molecule has 108 valence electrons. The number of aliphatic hydroxyl groups is 1. The molecule has 0 fully saturated rings.